The van der Waals surface area contributed by atoms with Gasteiger partial charge in [0.2, 0.25) is 5.91 Å². The van der Waals surface area contributed by atoms with Crippen LogP contribution in [0.1, 0.15) is 0 Å². The van der Waals surface area contributed by atoms with Crippen molar-refractivity contribution >= 4 is 23.7 Å². The lowest BCUT2D eigenvalue weighted by Gasteiger charge is -2.09. The zero-order chi connectivity index (χ0) is 18.4. The van der Waals surface area contributed by atoms with E-state index in [-0.39, 0.29) is 5.75 Å². The van der Waals surface area contributed by atoms with Crippen LogP contribution >= 0.6 is 11.8 Å². The maximum Gasteiger partial charge on any atom is 0.405 e. The summed E-state index contributed by atoms with van der Waals surface area (Å²) >= 11 is 1.07. The van der Waals surface area contributed by atoms with Crippen LogP contribution in [0.4, 0.5) is 18.0 Å². The van der Waals surface area contributed by atoms with Crippen molar-refractivity contribution in [2.24, 2.45) is 7.05 Å². The summed E-state index contributed by atoms with van der Waals surface area (Å²) in [6.45, 7) is -1.50. The van der Waals surface area contributed by atoms with Gasteiger partial charge in [0.1, 0.15) is 6.54 Å². The molecule has 134 valence electrons. The number of benzene rings is 1. The predicted octanol–water partition coefficient (Wildman–Crippen LogP) is 2.57. The van der Waals surface area contributed by atoms with Crippen LogP contribution in [0.25, 0.3) is 11.3 Å². The Kier molecular flexibility index (Phi) is 6.07. The minimum absolute atomic E-state index is 0.154. The lowest BCUT2D eigenvalue weighted by atomic mass is 10.2. The molecule has 1 heterocycles. The average molecular weight is 372 g/mol. The van der Waals surface area contributed by atoms with E-state index in [0.29, 0.717) is 5.16 Å². The lowest BCUT2D eigenvalue weighted by Crippen LogP contribution is -2.43. The van der Waals surface area contributed by atoms with Gasteiger partial charge in [-0.25, -0.2) is 9.78 Å². The maximum absolute atomic E-state index is 12.0. The fraction of sp³-hybridized carbons (Fsp3) is 0.267. The summed E-state index contributed by atoms with van der Waals surface area (Å²) in [6.07, 6.45) is -2.87. The Morgan fingerprint density at radius 2 is 1.92 bits per heavy atom. The molecule has 1 aromatic carbocycles. The van der Waals surface area contributed by atoms with Gasteiger partial charge in [-0.1, -0.05) is 42.1 Å². The number of thioether (sulfide) groups is 1. The van der Waals surface area contributed by atoms with Crippen LogP contribution in [0.3, 0.4) is 0 Å². The van der Waals surface area contributed by atoms with Gasteiger partial charge in [0.25, 0.3) is 0 Å². The van der Waals surface area contributed by atoms with Crippen LogP contribution < -0.4 is 10.6 Å². The summed E-state index contributed by atoms with van der Waals surface area (Å²) in [5.74, 6) is -0.868. The molecule has 10 heteroatoms. The van der Waals surface area contributed by atoms with E-state index in [1.807, 2.05) is 35.6 Å². The maximum atomic E-state index is 12.0. The quantitative estimate of drug-likeness (QED) is 0.791. The molecular weight excluding hydrogens is 357 g/mol. The summed E-state index contributed by atoms with van der Waals surface area (Å²) < 4.78 is 37.7. The molecule has 0 radical (unpaired) electrons. The smallest absolute Gasteiger partial charge is 0.329 e. The average Bonchev–Trinajstić information content (AvgIpc) is 2.92. The van der Waals surface area contributed by atoms with E-state index >= 15 is 0 Å². The Labute approximate surface area is 145 Å². The van der Waals surface area contributed by atoms with Crippen LogP contribution in [-0.4, -0.2) is 40.0 Å². The first kappa shape index (κ1) is 18.8. The topological polar surface area (TPSA) is 76.0 Å². The van der Waals surface area contributed by atoms with Gasteiger partial charge < -0.3 is 9.88 Å². The summed E-state index contributed by atoms with van der Waals surface area (Å²) in [5.41, 5.74) is 1.81. The monoisotopic (exact) mass is 372 g/mol. The molecule has 0 fully saturated rings. The number of carbonyl (C=O) groups excluding carboxylic acids is 2. The third-order valence-electron chi connectivity index (χ3n) is 3.05. The molecule has 2 aromatic rings. The number of amides is 3. The largest absolute Gasteiger partial charge is 0.405 e. The summed E-state index contributed by atoms with van der Waals surface area (Å²) in [6, 6.07) is 8.33. The first-order valence-electron chi connectivity index (χ1n) is 7.10. The summed E-state index contributed by atoms with van der Waals surface area (Å²) in [4.78, 5) is 27.0. The molecule has 6 nitrogen and oxygen atoms in total. The molecule has 0 unspecified atom stereocenters. The molecule has 0 saturated carbocycles. The van der Waals surface area contributed by atoms with Gasteiger partial charge in [-0.2, -0.15) is 13.2 Å². The Morgan fingerprint density at radius 1 is 1.24 bits per heavy atom. The van der Waals surface area contributed by atoms with E-state index in [4.69, 9.17) is 0 Å². The van der Waals surface area contributed by atoms with Gasteiger partial charge in [0.15, 0.2) is 5.16 Å². The molecule has 0 saturated heterocycles. The van der Waals surface area contributed by atoms with Crippen molar-refractivity contribution in [2.45, 2.75) is 11.3 Å². The van der Waals surface area contributed by atoms with Gasteiger partial charge in [-0.15, -0.1) is 0 Å². The minimum Gasteiger partial charge on any atom is -0.329 e. The van der Waals surface area contributed by atoms with Gasteiger partial charge in [0.05, 0.1) is 17.6 Å². The molecular formula is C15H15F3N4O2S. The van der Waals surface area contributed by atoms with E-state index in [1.54, 1.807) is 23.1 Å². The van der Waals surface area contributed by atoms with Gasteiger partial charge in [-0.05, 0) is 5.56 Å². The number of halogens is 3. The Hall–Kier alpha value is -2.49. The molecule has 0 atom stereocenters. The first-order chi connectivity index (χ1) is 11.8. The zero-order valence-corrected chi connectivity index (χ0v) is 13.9. The van der Waals surface area contributed by atoms with Crippen LogP contribution in [-0.2, 0) is 11.8 Å². The lowest BCUT2D eigenvalue weighted by molar-refractivity contribution is -0.124. The zero-order valence-electron chi connectivity index (χ0n) is 13.1. The van der Waals surface area contributed by atoms with Crippen LogP contribution in [0.2, 0.25) is 0 Å². The first-order valence-corrected chi connectivity index (χ1v) is 8.09. The van der Waals surface area contributed by atoms with Crippen molar-refractivity contribution in [2.75, 3.05) is 12.3 Å². The standard InChI is InChI=1S/C15H15F3N4O2S/c1-22-11(10-5-3-2-4-6-10)7-19-14(22)25-8-12(23)21-13(24)20-9-15(16,17)18/h2-7H,8-9H2,1H3,(H2,20,21,23,24). The highest BCUT2D eigenvalue weighted by Crippen LogP contribution is 2.24. The van der Waals surface area contributed by atoms with Crippen LogP contribution in [0.5, 0.6) is 0 Å². The van der Waals surface area contributed by atoms with Crippen molar-refractivity contribution in [3.63, 3.8) is 0 Å². The van der Waals surface area contributed by atoms with Gasteiger partial charge in [0, 0.05) is 7.05 Å². The molecule has 0 aliphatic heterocycles. The third kappa shape index (κ3) is 5.82. The second kappa shape index (κ2) is 8.06. The van der Waals surface area contributed by atoms with E-state index < -0.39 is 24.7 Å². The second-order valence-corrected chi connectivity index (χ2v) is 5.93. The number of carbonyl (C=O) groups is 2. The van der Waals surface area contributed by atoms with Crippen LogP contribution in [0, 0.1) is 0 Å². The molecule has 2 rings (SSSR count). The number of imidazole rings is 1. The van der Waals surface area contributed by atoms with Gasteiger partial charge in [-0.3, -0.25) is 10.1 Å². The van der Waals surface area contributed by atoms with E-state index in [0.717, 1.165) is 23.0 Å². The van der Waals surface area contributed by atoms with Crippen LogP contribution in [0.15, 0.2) is 41.7 Å². The fourth-order valence-electron chi connectivity index (χ4n) is 1.92. The van der Waals surface area contributed by atoms with E-state index in [1.165, 1.54) is 0 Å². The SMILES string of the molecule is Cn1c(-c2ccccc2)cnc1SCC(=O)NC(=O)NCC(F)(F)F. The highest BCUT2D eigenvalue weighted by atomic mass is 32.2. The molecule has 0 aliphatic carbocycles. The molecule has 1 aromatic heterocycles. The fourth-order valence-corrected chi connectivity index (χ4v) is 2.67. The Morgan fingerprint density at radius 3 is 2.56 bits per heavy atom. The predicted molar refractivity (Wildman–Crippen MR) is 87.0 cm³/mol. The van der Waals surface area contributed by atoms with E-state index in [9.17, 15) is 22.8 Å². The number of nitrogens with zero attached hydrogens (tertiary/aromatic N) is 2. The number of urea groups is 1. The number of aromatic nitrogens is 2. The number of hydrogen-bond acceptors (Lipinski definition) is 4. The molecule has 3 amide bonds. The highest BCUT2D eigenvalue weighted by molar-refractivity contribution is 7.99. The number of nitrogens with one attached hydrogen (secondary N) is 2. The minimum atomic E-state index is -4.53. The third-order valence-corrected chi connectivity index (χ3v) is 4.09. The number of rotatable bonds is 5. The van der Waals surface area contributed by atoms with Crippen molar-refractivity contribution in [1.82, 2.24) is 20.2 Å². The Balaban J connectivity index is 1.86. The molecule has 25 heavy (non-hydrogen) atoms. The van der Waals surface area contributed by atoms with Crippen molar-refractivity contribution in [3.05, 3.63) is 36.5 Å². The number of hydrogen-bond donors (Lipinski definition) is 2. The number of imide groups is 1. The van der Waals surface area contributed by atoms with Crippen molar-refractivity contribution in [3.8, 4) is 11.3 Å². The normalized spacial score (nSPS) is 11.2. The van der Waals surface area contributed by atoms with Crippen molar-refractivity contribution < 1.29 is 22.8 Å². The second-order valence-electron chi connectivity index (χ2n) is 4.99. The summed E-state index contributed by atoms with van der Waals surface area (Å²) in [7, 11) is 1.78. The summed E-state index contributed by atoms with van der Waals surface area (Å²) in [5, 5.41) is 3.94. The Bertz CT molecular complexity index is 747. The molecule has 0 bridgehead atoms. The van der Waals surface area contributed by atoms with Crippen molar-refractivity contribution in [1.29, 1.82) is 0 Å². The highest BCUT2D eigenvalue weighted by Gasteiger charge is 2.28. The van der Waals surface area contributed by atoms with Gasteiger partial charge >= 0.3 is 12.2 Å². The molecule has 2 N–H and O–H groups in total. The molecule has 0 aliphatic rings. The number of alkyl halides is 3. The molecule has 0 spiro atoms. The van der Waals surface area contributed by atoms with E-state index in [2.05, 4.69) is 4.98 Å².